The van der Waals surface area contributed by atoms with Gasteiger partial charge in [-0.1, -0.05) is 96.6 Å². The summed E-state index contributed by atoms with van der Waals surface area (Å²) in [5, 5.41) is 3.67. The van der Waals surface area contributed by atoms with E-state index in [0.717, 1.165) is 61.9 Å². The third-order valence-electron chi connectivity index (χ3n) is 10.4. The number of rotatable bonds is 4. The SMILES string of the molecule is C/C1=C\c2c(c3cc4c5cc(C)ccc5n(-c5ccc(-c6cccc(-c7ccccc7)n6)cc5)c4cc3n2-c2ccccc2)COc2ccccc21. The largest absolute Gasteiger partial charge is 0.488 e. The summed E-state index contributed by atoms with van der Waals surface area (Å²) in [5.74, 6) is 0.918. The number of allylic oxidation sites excluding steroid dienone is 1. The van der Waals surface area contributed by atoms with Gasteiger partial charge < -0.3 is 13.9 Å². The Balaban J connectivity index is 1.19. The number of aryl methyl sites for hydroxylation is 1. The van der Waals surface area contributed by atoms with Gasteiger partial charge >= 0.3 is 0 Å². The summed E-state index contributed by atoms with van der Waals surface area (Å²) >= 11 is 0. The minimum atomic E-state index is 0.483. The summed E-state index contributed by atoms with van der Waals surface area (Å²) in [5.41, 5.74) is 15.7. The number of ether oxygens (including phenoxy) is 1. The van der Waals surface area contributed by atoms with Gasteiger partial charge in [0.15, 0.2) is 0 Å². The van der Waals surface area contributed by atoms with Gasteiger partial charge in [0.25, 0.3) is 0 Å². The Kier molecular flexibility index (Phi) is 6.97. The van der Waals surface area contributed by atoms with Crippen LogP contribution in [-0.4, -0.2) is 14.1 Å². The smallest absolute Gasteiger partial charge is 0.127 e. The molecule has 0 fully saturated rings. The normalized spacial score (nSPS) is 13.6. The minimum Gasteiger partial charge on any atom is -0.488 e. The van der Waals surface area contributed by atoms with E-state index < -0.39 is 0 Å². The Morgan fingerprint density at radius 3 is 1.96 bits per heavy atom. The monoisotopic (exact) mass is 669 g/mol. The van der Waals surface area contributed by atoms with Crippen LogP contribution in [0.25, 0.3) is 78.2 Å². The average molecular weight is 670 g/mol. The van der Waals surface area contributed by atoms with E-state index >= 15 is 0 Å². The summed E-state index contributed by atoms with van der Waals surface area (Å²) in [6.45, 7) is 4.84. The first-order valence-electron chi connectivity index (χ1n) is 17.8. The molecule has 9 aromatic rings. The lowest BCUT2D eigenvalue weighted by molar-refractivity contribution is 0.306. The molecule has 1 aliphatic rings. The van der Waals surface area contributed by atoms with Crippen LogP contribution < -0.4 is 4.74 Å². The van der Waals surface area contributed by atoms with Crippen molar-refractivity contribution in [2.75, 3.05) is 0 Å². The summed E-state index contributed by atoms with van der Waals surface area (Å²) in [6.07, 6.45) is 2.34. The molecule has 10 rings (SSSR count). The number of hydrogen-bond acceptors (Lipinski definition) is 2. The Labute approximate surface area is 302 Å². The molecule has 0 amide bonds. The van der Waals surface area contributed by atoms with Gasteiger partial charge in [0.1, 0.15) is 12.4 Å². The van der Waals surface area contributed by atoms with Gasteiger partial charge in [-0.05, 0) is 92.2 Å². The zero-order valence-electron chi connectivity index (χ0n) is 29.0. The van der Waals surface area contributed by atoms with Crippen LogP contribution in [0.3, 0.4) is 0 Å². The summed E-state index contributed by atoms with van der Waals surface area (Å²) in [4.78, 5) is 5.03. The lowest BCUT2D eigenvalue weighted by atomic mass is 10.0. The van der Waals surface area contributed by atoms with Crippen LogP contribution in [0, 0.1) is 6.92 Å². The number of para-hydroxylation sites is 2. The molecule has 0 saturated carbocycles. The molecule has 0 atom stereocenters. The Morgan fingerprint density at radius 2 is 1.17 bits per heavy atom. The number of nitrogens with zero attached hydrogens (tertiary/aromatic N) is 3. The lowest BCUT2D eigenvalue weighted by Crippen LogP contribution is -2.04. The molecule has 4 nitrogen and oxygen atoms in total. The quantitative estimate of drug-likeness (QED) is 0.187. The van der Waals surface area contributed by atoms with Crippen LogP contribution >= 0.6 is 0 Å². The predicted molar refractivity (Wildman–Crippen MR) is 215 cm³/mol. The predicted octanol–water partition coefficient (Wildman–Crippen LogP) is 12.2. The molecule has 4 heteroatoms. The van der Waals surface area contributed by atoms with Gasteiger partial charge in [0.2, 0.25) is 0 Å². The van der Waals surface area contributed by atoms with Crippen molar-refractivity contribution in [3.05, 3.63) is 180 Å². The fourth-order valence-electron chi connectivity index (χ4n) is 7.93. The Morgan fingerprint density at radius 1 is 0.519 bits per heavy atom. The number of aromatic nitrogens is 3. The van der Waals surface area contributed by atoms with Crippen molar-refractivity contribution in [3.63, 3.8) is 0 Å². The molecule has 0 unspecified atom stereocenters. The molecule has 1 aliphatic heterocycles. The maximum atomic E-state index is 6.59. The third-order valence-corrected chi connectivity index (χ3v) is 10.4. The highest BCUT2D eigenvalue weighted by molar-refractivity contribution is 6.14. The molecule has 0 bridgehead atoms. The molecule has 0 saturated heterocycles. The van der Waals surface area contributed by atoms with E-state index in [9.17, 15) is 0 Å². The molecule has 3 aromatic heterocycles. The first-order chi connectivity index (χ1) is 25.6. The lowest BCUT2D eigenvalue weighted by Gasteiger charge is -2.17. The number of hydrogen-bond donors (Lipinski definition) is 0. The first kappa shape index (κ1) is 30.2. The Hall–Kier alpha value is -6.65. The van der Waals surface area contributed by atoms with E-state index in [1.807, 2.05) is 12.1 Å². The van der Waals surface area contributed by atoms with E-state index in [4.69, 9.17) is 9.72 Å². The fourth-order valence-corrected chi connectivity index (χ4v) is 7.93. The molecular weight excluding hydrogens is 635 g/mol. The van der Waals surface area contributed by atoms with Crippen LogP contribution in [-0.2, 0) is 6.61 Å². The van der Waals surface area contributed by atoms with E-state index in [2.05, 4.69) is 175 Å². The van der Waals surface area contributed by atoms with E-state index in [1.165, 1.54) is 38.4 Å². The average Bonchev–Trinajstić information content (AvgIpc) is 3.66. The van der Waals surface area contributed by atoms with E-state index in [0.29, 0.717) is 6.61 Å². The van der Waals surface area contributed by atoms with Crippen molar-refractivity contribution in [2.24, 2.45) is 0 Å². The maximum Gasteiger partial charge on any atom is 0.127 e. The van der Waals surface area contributed by atoms with Crippen LogP contribution in [0.4, 0.5) is 0 Å². The molecule has 248 valence electrons. The van der Waals surface area contributed by atoms with Crippen molar-refractivity contribution >= 4 is 44.4 Å². The highest BCUT2D eigenvalue weighted by Gasteiger charge is 2.24. The second-order valence-corrected chi connectivity index (χ2v) is 13.7. The van der Waals surface area contributed by atoms with Gasteiger partial charge in [-0.3, -0.25) is 0 Å². The molecular formula is C48H35N3O. The van der Waals surface area contributed by atoms with Crippen molar-refractivity contribution in [1.29, 1.82) is 0 Å². The van der Waals surface area contributed by atoms with E-state index in [1.54, 1.807) is 0 Å². The molecule has 6 aromatic carbocycles. The highest BCUT2D eigenvalue weighted by atomic mass is 16.5. The van der Waals surface area contributed by atoms with Crippen LogP contribution in [0.1, 0.15) is 29.3 Å². The van der Waals surface area contributed by atoms with Crippen molar-refractivity contribution in [3.8, 4) is 39.6 Å². The molecule has 0 radical (unpaired) electrons. The van der Waals surface area contributed by atoms with Crippen LogP contribution in [0.15, 0.2) is 158 Å². The molecule has 0 spiro atoms. The summed E-state index contributed by atoms with van der Waals surface area (Å²) < 4.78 is 11.4. The second kappa shape index (κ2) is 12.0. The number of pyridine rings is 1. The fraction of sp³-hybridized carbons (Fsp3) is 0.0625. The van der Waals surface area contributed by atoms with Crippen LogP contribution in [0.5, 0.6) is 5.75 Å². The summed E-state index contributed by atoms with van der Waals surface area (Å²) in [6, 6.07) is 56.1. The van der Waals surface area contributed by atoms with Crippen LogP contribution in [0.2, 0.25) is 0 Å². The standard InChI is InChI=1S/C48H35N3O/c1-31-20-25-44-38(26-31)39-28-40-41-30-52-48-19-10-9-16-37(48)32(2)27-45(41)51(35-14-7-4-8-15-35)47(40)29-46(39)50(44)36-23-21-34(22-24-36)43-18-11-17-42(49-43)33-12-5-3-6-13-33/h3-29H,30H2,1-2H3/b32-27+. The number of fused-ring (bicyclic) bond motifs is 7. The van der Waals surface area contributed by atoms with Gasteiger partial charge in [-0.15, -0.1) is 0 Å². The molecule has 0 aliphatic carbocycles. The minimum absolute atomic E-state index is 0.483. The summed E-state index contributed by atoms with van der Waals surface area (Å²) in [7, 11) is 0. The highest BCUT2D eigenvalue weighted by Crippen LogP contribution is 2.42. The van der Waals surface area contributed by atoms with Gasteiger partial charge in [0.05, 0.1) is 33.6 Å². The topological polar surface area (TPSA) is 32.0 Å². The van der Waals surface area contributed by atoms with Crippen molar-refractivity contribution in [2.45, 2.75) is 20.5 Å². The van der Waals surface area contributed by atoms with Gasteiger partial charge in [-0.2, -0.15) is 0 Å². The third kappa shape index (κ3) is 4.87. The van der Waals surface area contributed by atoms with Crippen molar-refractivity contribution < 1.29 is 4.74 Å². The van der Waals surface area contributed by atoms with E-state index in [-0.39, 0.29) is 0 Å². The van der Waals surface area contributed by atoms with Gasteiger partial charge in [-0.25, -0.2) is 4.98 Å². The maximum absolute atomic E-state index is 6.59. The first-order valence-corrected chi connectivity index (χ1v) is 17.8. The molecule has 0 N–H and O–H groups in total. The zero-order chi connectivity index (χ0) is 34.8. The molecule has 52 heavy (non-hydrogen) atoms. The Bertz CT molecular complexity index is 2840. The molecule has 4 heterocycles. The van der Waals surface area contributed by atoms with Crippen molar-refractivity contribution in [1.82, 2.24) is 14.1 Å². The number of benzene rings is 6. The zero-order valence-corrected chi connectivity index (χ0v) is 29.0. The second-order valence-electron chi connectivity index (χ2n) is 13.7. The van der Waals surface area contributed by atoms with Gasteiger partial charge in [0, 0.05) is 49.8 Å².